The van der Waals surface area contributed by atoms with Crippen molar-refractivity contribution in [3.8, 4) is 10.7 Å². The summed E-state index contributed by atoms with van der Waals surface area (Å²) in [4.78, 5) is 18.8. The van der Waals surface area contributed by atoms with E-state index in [4.69, 9.17) is 10.3 Å². The van der Waals surface area contributed by atoms with Crippen molar-refractivity contribution in [3.63, 3.8) is 0 Å². The molecular weight excluding hydrogens is 276 g/mol. The molecule has 0 radical (unpaired) electrons. The number of hydrogen-bond donors (Lipinski definition) is 1. The van der Waals surface area contributed by atoms with Crippen molar-refractivity contribution in [3.05, 3.63) is 23.4 Å². The van der Waals surface area contributed by atoms with E-state index in [1.165, 1.54) is 0 Å². The molecule has 2 aromatic rings. The zero-order valence-corrected chi connectivity index (χ0v) is 11.8. The summed E-state index contributed by atoms with van der Waals surface area (Å²) in [6, 6.07) is 3.68. The molecule has 0 bridgehead atoms. The fourth-order valence-corrected chi connectivity index (χ4v) is 3.15. The van der Waals surface area contributed by atoms with E-state index in [2.05, 4.69) is 10.1 Å². The van der Waals surface area contributed by atoms with Crippen LogP contribution >= 0.6 is 11.3 Å². The van der Waals surface area contributed by atoms with Gasteiger partial charge in [0.2, 0.25) is 17.6 Å². The van der Waals surface area contributed by atoms with Crippen LogP contribution in [-0.4, -0.2) is 33.5 Å². The van der Waals surface area contributed by atoms with E-state index < -0.39 is 0 Å². The predicted molar refractivity (Wildman–Crippen MR) is 74.9 cm³/mol. The van der Waals surface area contributed by atoms with Crippen molar-refractivity contribution in [2.45, 2.75) is 31.8 Å². The molecule has 3 heterocycles. The molecule has 1 aliphatic rings. The summed E-state index contributed by atoms with van der Waals surface area (Å²) in [5.41, 5.74) is 5.45. The number of carbonyl (C=O) groups is 1. The highest BCUT2D eigenvalue weighted by molar-refractivity contribution is 7.13. The number of thiophene rings is 1. The maximum atomic E-state index is 11.5. The van der Waals surface area contributed by atoms with Gasteiger partial charge in [-0.1, -0.05) is 17.6 Å². The number of amides is 1. The number of nitrogens with two attached hydrogens (primary N) is 1. The van der Waals surface area contributed by atoms with Gasteiger partial charge in [-0.2, -0.15) is 4.98 Å². The molecule has 1 aliphatic heterocycles. The molecule has 1 atom stereocenters. The largest absolute Gasteiger partial charge is 0.368 e. The van der Waals surface area contributed by atoms with E-state index in [0.29, 0.717) is 18.3 Å². The molecule has 20 heavy (non-hydrogen) atoms. The van der Waals surface area contributed by atoms with Gasteiger partial charge in [0.05, 0.1) is 17.5 Å². The quantitative estimate of drug-likeness (QED) is 0.926. The minimum atomic E-state index is -0.275. The minimum Gasteiger partial charge on any atom is -0.368 e. The minimum absolute atomic E-state index is 0.221. The van der Waals surface area contributed by atoms with Gasteiger partial charge in [0, 0.05) is 0 Å². The first-order valence-electron chi connectivity index (χ1n) is 6.64. The summed E-state index contributed by atoms with van der Waals surface area (Å²) in [6.45, 7) is 1.32. The second-order valence-electron chi connectivity index (χ2n) is 4.87. The second kappa shape index (κ2) is 5.72. The van der Waals surface area contributed by atoms with Gasteiger partial charge in [0.1, 0.15) is 0 Å². The highest BCUT2D eigenvalue weighted by Gasteiger charge is 2.28. The first-order valence-corrected chi connectivity index (χ1v) is 7.52. The first-order chi connectivity index (χ1) is 9.74. The van der Waals surface area contributed by atoms with Crippen molar-refractivity contribution < 1.29 is 9.32 Å². The molecule has 2 aromatic heterocycles. The normalized spacial score (nSPS) is 20.1. The third-order valence-corrected chi connectivity index (χ3v) is 4.36. The van der Waals surface area contributed by atoms with Crippen molar-refractivity contribution in [1.29, 1.82) is 0 Å². The predicted octanol–water partition coefficient (Wildman–Crippen LogP) is 1.64. The van der Waals surface area contributed by atoms with E-state index >= 15 is 0 Å². The molecule has 2 N–H and O–H groups in total. The SMILES string of the molecule is NC(=O)[C@@H]1CCCCN1Cc1nc(-c2cccs2)no1. The molecule has 0 aromatic carbocycles. The van der Waals surface area contributed by atoms with Crippen LogP contribution in [0.2, 0.25) is 0 Å². The first kappa shape index (κ1) is 13.3. The molecule has 3 rings (SSSR count). The summed E-state index contributed by atoms with van der Waals surface area (Å²) in [5, 5.41) is 5.95. The van der Waals surface area contributed by atoms with Gasteiger partial charge in [0.25, 0.3) is 0 Å². The van der Waals surface area contributed by atoms with E-state index in [-0.39, 0.29) is 11.9 Å². The Bertz CT molecular complexity index is 581. The van der Waals surface area contributed by atoms with Gasteiger partial charge < -0.3 is 10.3 Å². The summed E-state index contributed by atoms with van der Waals surface area (Å²) in [5.74, 6) is 0.854. The Kier molecular flexibility index (Phi) is 3.79. The number of rotatable bonds is 4. The van der Waals surface area contributed by atoms with Crippen LogP contribution in [0, 0.1) is 0 Å². The highest BCUT2D eigenvalue weighted by atomic mass is 32.1. The molecule has 106 valence electrons. The number of carbonyl (C=O) groups excluding carboxylic acids is 1. The Morgan fingerprint density at radius 3 is 3.20 bits per heavy atom. The van der Waals surface area contributed by atoms with E-state index in [0.717, 1.165) is 30.7 Å². The number of aromatic nitrogens is 2. The van der Waals surface area contributed by atoms with Crippen molar-refractivity contribution in [2.24, 2.45) is 5.73 Å². The molecule has 0 unspecified atom stereocenters. The standard InChI is InChI=1S/C13H16N4O2S/c14-12(18)9-4-1-2-6-17(9)8-11-15-13(16-19-11)10-5-3-7-20-10/h3,5,7,9H,1-2,4,6,8H2,(H2,14,18)/t9-/m0/s1. The topological polar surface area (TPSA) is 85.3 Å². The molecule has 0 aliphatic carbocycles. The number of likely N-dealkylation sites (tertiary alicyclic amines) is 1. The molecule has 1 saturated heterocycles. The van der Waals surface area contributed by atoms with E-state index in [9.17, 15) is 4.79 Å². The molecule has 7 heteroatoms. The number of hydrogen-bond acceptors (Lipinski definition) is 6. The van der Waals surface area contributed by atoms with Crippen LogP contribution in [0.3, 0.4) is 0 Å². The maximum Gasteiger partial charge on any atom is 0.241 e. The van der Waals surface area contributed by atoms with E-state index in [1.807, 2.05) is 22.4 Å². The van der Waals surface area contributed by atoms with Crippen LogP contribution in [0.15, 0.2) is 22.0 Å². The van der Waals surface area contributed by atoms with Crippen molar-refractivity contribution >= 4 is 17.2 Å². The van der Waals surface area contributed by atoms with Gasteiger partial charge in [0.15, 0.2) is 0 Å². The maximum absolute atomic E-state index is 11.5. The molecule has 6 nitrogen and oxygen atoms in total. The van der Waals surface area contributed by atoms with Gasteiger partial charge >= 0.3 is 0 Å². The fourth-order valence-electron chi connectivity index (χ4n) is 2.50. The number of primary amides is 1. The Morgan fingerprint density at radius 2 is 2.45 bits per heavy atom. The lowest BCUT2D eigenvalue weighted by atomic mass is 10.0. The zero-order chi connectivity index (χ0) is 13.9. The third kappa shape index (κ3) is 2.73. The fraction of sp³-hybridized carbons (Fsp3) is 0.462. The molecule has 0 spiro atoms. The molecule has 0 saturated carbocycles. The van der Waals surface area contributed by atoms with Gasteiger partial charge in [-0.05, 0) is 30.8 Å². The Hall–Kier alpha value is -1.73. The smallest absolute Gasteiger partial charge is 0.241 e. The van der Waals surface area contributed by atoms with Crippen LogP contribution in [0.5, 0.6) is 0 Å². The Morgan fingerprint density at radius 1 is 1.55 bits per heavy atom. The van der Waals surface area contributed by atoms with Crippen LogP contribution < -0.4 is 5.73 Å². The van der Waals surface area contributed by atoms with Crippen LogP contribution in [0.4, 0.5) is 0 Å². The molecule has 1 fully saturated rings. The molecule has 1 amide bonds. The average Bonchev–Trinajstić information content (AvgIpc) is 3.09. The number of nitrogens with zero attached hydrogens (tertiary/aromatic N) is 3. The summed E-state index contributed by atoms with van der Waals surface area (Å²) in [7, 11) is 0. The van der Waals surface area contributed by atoms with Crippen LogP contribution in [0.1, 0.15) is 25.2 Å². The summed E-state index contributed by atoms with van der Waals surface area (Å²) < 4.78 is 5.27. The lowest BCUT2D eigenvalue weighted by Crippen LogP contribution is -2.47. The van der Waals surface area contributed by atoms with Crippen LogP contribution in [0.25, 0.3) is 10.7 Å². The van der Waals surface area contributed by atoms with E-state index in [1.54, 1.807) is 11.3 Å². The van der Waals surface area contributed by atoms with Gasteiger partial charge in [-0.3, -0.25) is 9.69 Å². The zero-order valence-electron chi connectivity index (χ0n) is 11.0. The lowest BCUT2D eigenvalue weighted by molar-refractivity contribution is -0.124. The molecular formula is C13H16N4O2S. The summed E-state index contributed by atoms with van der Waals surface area (Å²) in [6.07, 6.45) is 2.91. The number of piperidine rings is 1. The monoisotopic (exact) mass is 292 g/mol. The van der Waals surface area contributed by atoms with Crippen molar-refractivity contribution in [1.82, 2.24) is 15.0 Å². The summed E-state index contributed by atoms with van der Waals surface area (Å²) >= 11 is 1.57. The lowest BCUT2D eigenvalue weighted by Gasteiger charge is -2.32. The van der Waals surface area contributed by atoms with Gasteiger partial charge in [-0.25, -0.2) is 0 Å². The van der Waals surface area contributed by atoms with Gasteiger partial charge in [-0.15, -0.1) is 11.3 Å². The Labute approximate surface area is 120 Å². The highest BCUT2D eigenvalue weighted by Crippen LogP contribution is 2.23. The Balaban J connectivity index is 1.72. The third-order valence-electron chi connectivity index (χ3n) is 3.49. The van der Waals surface area contributed by atoms with Crippen molar-refractivity contribution in [2.75, 3.05) is 6.54 Å². The van der Waals surface area contributed by atoms with Crippen LogP contribution in [-0.2, 0) is 11.3 Å². The average molecular weight is 292 g/mol. The second-order valence-corrected chi connectivity index (χ2v) is 5.82.